The fourth-order valence-corrected chi connectivity index (χ4v) is 0.958. The third-order valence-electron chi connectivity index (χ3n) is 1.60. The molecule has 1 radical (unpaired) electrons. The van der Waals surface area contributed by atoms with E-state index in [2.05, 4.69) is 6.92 Å². The topological polar surface area (TPSA) is 0 Å². The van der Waals surface area contributed by atoms with Crippen molar-refractivity contribution in [3.8, 4) is 0 Å². The highest BCUT2D eigenvalue weighted by Crippen LogP contribution is 2.03. The lowest BCUT2D eigenvalue weighted by Crippen LogP contribution is -1.80. The summed E-state index contributed by atoms with van der Waals surface area (Å²) in [5.41, 5.74) is 1.13. The predicted octanol–water partition coefficient (Wildman–Crippen LogP) is 3.15. The van der Waals surface area contributed by atoms with Gasteiger partial charge in [-0.05, 0) is 37.5 Å². The van der Waals surface area contributed by atoms with Crippen LogP contribution in [0.2, 0.25) is 0 Å². The van der Waals surface area contributed by atoms with Gasteiger partial charge in [0.15, 0.2) is 0 Å². The van der Waals surface area contributed by atoms with Gasteiger partial charge in [-0.3, -0.25) is 0 Å². The number of rotatable bonds is 3. The quantitative estimate of drug-likeness (QED) is 0.600. The first-order valence-electron chi connectivity index (χ1n) is 4.01. The molecular weight excluding hydrogens is 151 g/mol. The summed E-state index contributed by atoms with van der Waals surface area (Å²) in [7, 11) is 0. The Balaban J connectivity index is 2.53. The molecule has 0 bridgehead atoms. The van der Waals surface area contributed by atoms with Crippen molar-refractivity contribution in [3.63, 3.8) is 0 Å². The minimum atomic E-state index is -0.181. The fourth-order valence-electron chi connectivity index (χ4n) is 0.958. The minimum Gasteiger partial charge on any atom is -0.207 e. The first kappa shape index (κ1) is 8.98. The van der Waals surface area contributed by atoms with Gasteiger partial charge in [-0.2, -0.15) is 0 Å². The molecule has 1 aromatic rings. The van der Waals surface area contributed by atoms with Crippen LogP contribution >= 0.6 is 0 Å². The molecular formula is C11H12F. The molecule has 0 nitrogen and oxygen atoms in total. The van der Waals surface area contributed by atoms with Crippen LogP contribution in [0, 0.1) is 12.7 Å². The molecule has 0 saturated heterocycles. The second-order valence-electron chi connectivity index (χ2n) is 2.59. The molecule has 12 heavy (non-hydrogen) atoms. The molecule has 1 heteroatoms. The molecule has 0 atom stereocenters. The van der Waals surface area contributed by atoms with E-state index in [0.717, 1.165) is 18.4 Å². The van der Waals surface area contributed by atoms with Crippen molar-refractivity contribution in [1.29, 1.82) is 0 Å². The van der Waals surface area contributed by atoms with E-state index in [4.69, 9.17) is 0 Å². The first-order chi connectivity index (χ1) is 5.83. The number of hydrogen-bond acceptors (Lipinski definition) is 0. The number of benzene rings is 1. The molecule has 1 aromatic carbocycles. The molecule has 0 fully saturated rings. The van der Waals surface area contributed by atoms with Gasteiger partial charge in [-0.1, -0.05) is 24.3 Å². The number of allylic oxidation sites excluding steroid dienone is 2. The van der Waals surface area contributed by atoms with Crippen LogP contribution in [0.4, 0.5) is 4.39 Å². The van der Waals surface area contributed by atoms with Crippen LogP contribution in [0.3, 0.4) is 0 Å². The molecule has 1 rings (SSSR count). The maximum atomic E-state index is 12.4. The van der Waals surface area contributed by atoms with Gasteiger partial charge in [0.05, 0.1) is 0 Å². The Labute approximate surface area is 72.7 Å². The van der Waals surface area contributed by atoms with Crippen molar-refractivity contribution in [2.24, 2.45) is 0 Å². The summed E-state index contributed by atoms with van der Waals surface area (Å²) in [4.78, 5) is 0. The first-order valence-corrected chi connectivity index (χ1v) is 4.01. The Morgan fingerprint density at radius 2 is 1.83 bits per heavy atom. The van der Waals surface area contributed by atoms with Gasteiger partial charge in [0.2, 0.25) is 0 Å². The number of halogens is 1. The molecule has 0 saturated carbocycles. The lowest BCUT2D eigenvalue weighted by Gasteiger charge is -1.94. The van der Waals surface area contributed by atoms with Gasteiger partial charge in [0.1, 0.15) is 5.82 Å². The Morgan fingerprint density at radius 3 is 2.42 bits per heavy atom. The van der Waals surface area contributed by atoms with E-state index in [9.17, 15) is 4.39 Å². The van der Waals surface area contributed by atoms with Gasteiger partial charge in [0, 0.05) is 0 Å². The zero-order valence-electron chi connectivity index (χ0n) is 6.96. The zero-order chi connectivity index (χ0) is 8.81. The van der Waals surface area contributed by atoms with Crippen LogP contribution in [0.25, 0.3) is 0 Å². The van der Waals surface area contributed by atoms with E-state index < -0.39 is 0 Å². The van der Waals surface area contributed by atoms with Crippen molar-refractivity contribution < 1.29 is 4.39 Å². The van der Waals surface area contributed by atoms with Crippen molar-refractivity contribution >= 4 is 0 Å². The van der Waals surface area contributed by atoms with E-state index in [1.807, 2.05) is 12.2 Å². The van der Waals surface area contributed by atoms with Crippen LogP contribution in [-0.2, 0) is 6.42 Å². The van der Waals surface area contributed by atoms with Crippen molar-refractivity contribution in [2.45, 2.75) is 12.8 Å². The predicted molar refractivity (Wildman–Crippen MR) is 49.2 cm³/mol. The molecule has 0 aliphatic heterocycles. The number of hydrogen-bond donors (Lipinski definition) is 0. The van der Waals surface area contributed by atoms with Crippen LogP contribution < -0.4 is 0 Å². The highest BCUT2D eigenvalue weighted by molar-refractivity contribution is 5.18. The molecule has 0 spiro atoms. The smallest absolute Gasteiger partial charge is 0.123 e. The van der Waals surface area contributed by atoms with Crippen molar-refractivity contribution in [2.75, 3.05) is 0 Å². The maximum Gasteiger partial charge on any atom is 0.123 e. The summed E-state index contributed by atoms with van der Waals surface area (Å²) >= 11 is 0. The van der Waals surface area contributed by atoms with E-state index in [-0.39, 0.29) is 5.82 Å². The molecule has 0 amide bonds. The molecule has 0 N–H and O–H groups in total. The average molecular weight is 163 g/mol. The minimum absolute atomic E-state index is 0.181. The third kappa shape index (κ3) is 2.87. The largest absolute Gasteiger partial charge is 0.207 e. The average Bonchev–Trinajstić information content (AvgIpc) is 2.09. The van der Waals surface area contributed by atoms with Gasteiger partial charge >= 0.3 is 0 Å². The Kier molecular flexibility index (Phi) is 3.52. The summed E-state index contributed by atoms with van der Waals surface area (Å²) < 4.78 is 12.4. The molecule has 0 aliphatic carbocycles. The Bertz CT molecular complexity index is 246. The molecule has 0 aliphatic rings. The van der Waals surface area contributed by atoms with Gasteiger partial charge in [0.25, 0.3) is 0 Å². The normalized spacial score (nSPS) is 10.8. The summed E-state index contributed by atoms with van der Waals surface area (Å²) in [5, 5.41) is 0. The maximum absolute atomic E-state index is 12.4. The molecule has 0 unspecified atom stereocenters. The van der Waals surface area contributed by atoms with Gasteiger partial charge < -0.3 is 0 Å². The zero-order valence-corrected chi connectivity index (χ0v) is 6.96. The van der Waals surface area contributed by atoms with Crippen LogP contribution in [0.15, 0.2) is 36.4 Å². The van der Waals surface area contributed by atoms with Crippen molar-refractivity contribution in [1.82, 2.24) is 0 Å². The van der Waals surface area contributed by atoms with Crippen LogP contribution in [0.1, 0.15) is 12.0 Å². The summed E-state index contributed by atoms with van der Waals surface area (Å²) in [6, 6.07) is 6.55. The molecule has 0 heterocycles. The van der Waals surface area contributed by atoms with E-state index in [1.54, 1.807) is 12.1 Å². The van der Waals surface area contributed by atoms with Gasteiger partial charge in [-0.15, -0.1) is 0 Å². The second kappa shape index (κ2) is 4.70. The second-order valence-corrected chi connectivity index (χ2v) is 2.59. The highest BCUT2D eigenvalue weighted by atomic mass is 19.1. The Hall–Kier alpha value is -1.11. The lowest BCUT2D eigenvalue weighted by molar-refractivity contribution is 0.627. The van der Waals surface area contributed by atoms with Crippen LogP contribution in [-0.4, -0.2) is 0 Å². The van der Waals surface area contributed by atoms with E-state index in [1.165, 1.54) is 12.1 Å². The third-order valence-corrected chi connectivity index (χ3v) is 1.60. The summed E-state index contributed by atoms with van der Waals surface area (Å²) in [6.45, 7) is 3.68. The standard InChI is InChI=1S/C11H12F/c1-2-3-4-5-10-6-8-11(12)9-7-10/h3-4,6-9H,1-2,5H2. The van der Waals surface area contributed by atoms with E-state index >= 15 is 0 Å². The summed E-state index contributed by atoms with van der Waals surface area (Å²) in [6.07, 6.45) is 5.71. The SMILES string of the molecule is [CH2]CC=CCc1ccc(F)cc1. The van der Waals surface area contributed by atoms with Gasteiger partial charge in [-0.25, -0.2) is 4.39 Å². The molecule has 63 valence electrons. The van der Waals surface area contributed by atoms with Crippen molar-refractivity contribution in [3.05, 3.63) is 54.7 Å². The van der Waals surface area contributed by atoms with Crippen LogP contribution in [0.5, 0.6) is 0 Å². The monoisotopic (exact) mass is 163 g/mol. The lowest BCUT2D eigenvalue weighted by atomic mass is 10.1. The fraction of sp³-hybridized carbons (Fsp3) is 0.182. The summed E-state index contributed by atoms with van der Waals surface area (Å²) in [5.74, 6) is -0.181. The van der Waals surface area contributed by atoms with E-state index in [0.29, 0.717) is 0 Å². The Morgan fingerprint density at radius 1 is 1.17 bits per heavy atom. The highest BCUT2D eigenvalue weighted by Gasteiger charge is 1.89. The molecule has 0 aromatic heterocycles.